The van der Waals surface area contributed by atoms with E-state index in [1.165, 1.54) is 0 Å². The molecule has 2 rings (SSSR count). The Bertz CT molecular complexity index is 492. The minimum atomic E-state index is -0.672. The molecule has 0 heterocycles. The summed E-state index contributed by atoms with van der Waals surface area (Å²) >= 11 is 5.92. The molecule has 0 aromatic heterocycles. The smallest absolute Gasteiger partial charge is 0.157 e. The van der Waals surface area contributed by atoms with E-state index < -0.39 is 5.92 Å². The van der Waals surface area contributed by atoms with Crippen LogP contribution in [0.15, 0.2) is 24.3 Å². The number of nitriles is 1. The molecule has 1 aliphatic rings. The number of halogens is 1. The first-order valence-electron chi connectivity index (χ1n) is 6.32. The van der Waals surface area contributed by atoms with Crippen molar-refractivity contribution in [3.05, 3.63) is 34.9 Å². The maximum absolute atomic E-state index is 12.4. The first kappa shape index (κ1) is 13.1. The highest BCUT2D eigenvalue weighted by atomic mass is 35.5. The minimum absolute atomic E-state index is 0.0358. The van der Waals surface area contributed by atoms with Gasteiger partial charge in [-0.05, 0) is 36.5 Å². The van der Waals surface area contributed by atoms with Gasteiger partial charge in [0.1, 0.15) is 5.92 Å². The topological polar surface area (TPSA) is 40.9 Å². The zero-order valence-electron chi connectivity index (χ0n) is 10.4. The number of carbonyl (C=O) groups excluding carboxylic acids is 1. The second kappa shape index (κ2) is 5.54. The van der Waals surface area contributed by atoms with Crippen LogP contribution in [0.3, 0.4) is 0 Å². The van der Waals surface area contributed by atoms with Crippen LogP contribution in [0.25, 0.3) is 0 Å². The summed E-state index contributed by atoms with van der Waals surface area (Å²) in [6.45, 7) is 2.10. The summed E-state index contributed by atoms with van der Waals surface area (Å²) in [5, 5.41) is 9.84. The van der Waals surface area contributed by atoms with Gasteiger partial charge in [-0.2, -0.15) is 5.26 Å². The Morgan fingerprint density at radius 3 is 2.83 bits per heavy atom. The fraction of sp³-hybridized carbons (Fsp3) is 0.467. The van der Waals surface area contributed by atoms with Gasteiger partial charge >= 0.3 is 0 Å². The summed E-state index contributed by atoms with van der Waals surface area (Å²) in [4.78, 5) is 12.4. The van der Waals surface area contributed by atoms with Gasteiger partial charge in [-0.3, -0.25) is 4.79 Å². The fourth-order valence-electron chi connectivity index (χ4n) is 2.77. The van der Waals surface area contributed by atoms with E-state index in [9.17, 15) is 10.1 Å². The minimum Gasteiger partial charge on any atom is -0.298 e. The molecule has 94 valence electrons. The highest BCUT2D eigenvalue weighted by molar-refractivity contribution is 6.30. The number of rotatable bonds is 3. The molecule has 0 saturated heterocycles. The number of benzene rings is 1. The molecule has 0 radical (unpaired) electrons. The summed E-state index contributed by atoms with van der Waals surface area (Å²) < 4.78 is 0. The summed E-state index contributed by atoms with van der Waals surface area (Å²) in [5.41, 5.74) is 0.717. The normalized spacial score (nSPS) is 24.5. The van der Waals surface area contributed by atoms with Gasteiger partial charge in [0.15, 0.2) is 5.78 Å². The molecule has 3 heteroatoms. The predicted molar refractivity (Wildman–Crippen MR) is 71.3 cm³/mol. The van der Waals surface area contributed by atoms with Crippen molar-refractivity contribution in [2.75, 3.05) is 0 Å². The van der Waals surface area contributed by atoms with Gasteiger partial charge in [-0.1, -0.05) is 37.1 Å². The lowest BCUT2D eigenvalue weighted by atomic mass is 9.83. The Kier molecular flexibility index (Phi) is 4.04. The van der Waals surface area contributed by atoms with E-state index in [1.54, 1.807) is 24.3 Å². The third kappa shape index (κ3) is 2.57. The number of hydrogen-bond donors (Lipinski definition) is 0. The van der Waals surface area contributed by atoms with Crippen LogP contribution < -0.4 is 0 Å². The van der Waals surface area contributed by atoms with Crippen LogP contribution in [0.5, 0.6) is 0 Å². The van der Waals surface area contributed by atoms with Crippen molar-refractivity contribution in [2.24, 2.45) is 11.8 Å². The lowest BCUT2D eigenvalue weighted by Crippen LogP contribution is -2.23. The number of carbonyl (C=O) groups is 1. The van der Waals surface area contributed by atoms with Gasteiger partial charge in [0.2, 0.25) is 0 Å². The molecular weight excluding hydrogens is 246 g/mol. The first-order valence-corrected chi connectivity index (χ1v) is 6.70. The van der Waals surface area contributed by atoms with Gasteiger partial charge < -0.3 is 0 Å². The lowest BCUT2D eigenvalue weighted by Gasteiger charge is -2.17. The molecule has 0 amide bonds. The maximum atomic E-state index is 12.4. The van der Waals surface area contributed by atoms with E-state index in [0.29, 0.717) is 16.5 Å². The molecule has 1 aromatic carbocycles. The largest absolute Gasteiger partial charge is 0.298 e. The van der Waals surface area contributed by atoms with Gasteiger partial charge in [-0.25, -0.2) is 0 Å². The van der Waals surface area contributed by atoms with Crippen molar-refractivity contribution >= 4 is 17.4 Å². The monoisotopic (exact) mass is 261 g/mol. The zero-order chi connectivity index (χ0) is 13.1. The van der Waals surface area contributed by atoms with E-state index >= 15 is 0 Å². The van der Waals surface area contributed by atoms with E-state index in [4.69, 9.17) is 11.6 Å². The summed E-state index contributed by atoms with van der Waals surface area (Å²) in [6.07, 6.45) is 3.09. The van der Waals surface area contributed by atoms with Crippen LogP contribution in [0.4, 0.5) is 0 Å². The molecule has 2 nitrogen and oxygen atoms in total. The molecule has 0 spiro atoms. The van der Waals surface area contributed by atoms with Crippen molar-refractivity contribution in [3.63, 3.8) is 0 Å². The van der Waals surface area contributed by atoms with E-state index in [0.717, 1.165) is 19.3 Å². The fourth-order valence-corrected chi connectivity index (χ4v) is 2.97. The van der Waals surface area contributed by atoms with Crippen LogP contribution >= 0.6 is 11.6 Å². The Morgan fingerprint density at radius 2 is 2.28 bits per heavy atom. The van der Waals surface area contributed by atoms with Gasteiger partial charge in [0.05, 0.1) is 6.07 Å². The summed E-state index contributed by atoms with van der Waals surface area (Å²) in [5.74, 6) is -0.180. The summed E-state index contributed by atoms with van der Waals surface area (Å²) in [6, 6.07) is 9.19. The van der Waals surface area contributed by atoms with Crippen LogP contribution in [-0.4, -0.2) is 5.78 Å². The van der Waals surface area contributed by atoms with Crippen LogP contribution in [-0.2, 0) is 4.79 Å². The quantitative estimate of drug-likeness (QED) is 0.827. The number of Topliss-reactive ketones (excluding diaryl/α,β-unsaturated/α-hetero) is 1. The molecule has 1 saturated carbocycles. The van der Waals surface area contributed by atoms with E-state index in [2.05, 4.69) is 13.0 Å². The van der Waals surface area contributed by atoms with Crippen LogP contribution in [0, 0.1) is 23.2 Å². The van der Waals surface area contributed by atoms with E-state index in [-0.39, 0.29) is 11.7 Å². The number of ketones is 1. The highest BCUT2D eigenvalue weighted by Gasteiger charge is 2.34. The molecule has 0 aliphatic heterocycles. The highest BCUT2D eigenvalue weighted by Crippen LogP contribution is 2.36. The number of nitrogens with zero attached hydrogens (tertiary/aromatic N) is 1. The third-order valence-electron chi connectivity index (χ3n) is 3.82. The molecule has 0 bridgehead atoms. The molecule has 3 unspecified atom stereocenters. The molecule has 1 aliphatic carbocycles. The van der Waals surface area contributed by atoms with Crippen molar-refractivity contribution in [1.82, 2.24) is 0 Å². The zero-order valence-corrected chi connectivity index (χ0v) is 11.2. The SMILES string of the molecule is CC1CCCC1C(=O)C(C#N)c1cccc(Cl)c1. The van der Waals surface area contributed by atoms with Crippen LogP contribution in [0.2, 0.25) is 5.02 Å². The predicted octanol–water partition coefficient (Wildman–Crippen LogP) is 3.95. The Hall–Kier alpha value is -1.33. The summed E-state index contributed by atoms with van der Waals surface area (Å²) in [7, 11) is 0. The standard InChI is InChI=1S/C15H16ClNO/c1-10-4-2-7-13(10)15(18)14(9-17)11-5-3-6-12(16)8-11/h3,5-6,8,10,13-14H,2,4,7H2,1H3. The second-order valence-electron chi connectivity index (χ2n) is 5.03. The van der Waals surface area contributed by atoms with Crippen molar-refractivity contribution < 1.29 is 4.79 Å². The molecular formula is C15H16ClNO. The first-order chi connectivity index (χ1) is 8.63. The Balaban J connectivity index is 2.24. The molecule has 1 aromatic rings. The average molecular weight is 262 g/mol. The second-order valence-corrected chi connectivity index (χ2v) is 5.47. The van der Waals surface area contributed by atoms with Gasteiger partial charge in [-0.15, -0.1) is 0 Å². The average Bonchev–Trinajstić information content (AvgIpc) is 2.76. The van der Waals surface area contributed by atoms with Crippen molar-refractivity contribution in [1.29, 1.82) is 5.26 Å². The Morgan fingerprint density at radius 1 is 1.50 bits per heavy atom. The maximum Gasteiger partial charge on any atom is 0.157 e. The van der Waals surface area contributed by atoms with Gasteiger partial charge in [0, 0.05) is 10.9 Å². The Labute approximate surface area is 113 Å². The van der Waals surface area contributed by atoms with E-state index in [1.807, 2.05) is 0 Å². The number of hydrogen-bond acceptors (Lipinski definition) is 2. The molecule has 18 heavy (non-hydrogen) atoms. The third-order valence-corrected chi connectivity index (χ3v) is 4.06. The van der Waals surface area contributed by atoms with Crippen molar-refractivity contribution in [3.8, 4) is 6.07 Å². The van der Waals surface area contributed by atoms with Crippen molar-refractivity contribution in [2.45, 2.75) is 32.1 Å². The molecule has 1 fully saturated rings. The van der Waals surface area contributed by atoms with Gasteiger partial charge in [0.25, 0.3) is 0 Å². The molecule has 3 atom stereocenters. The lowest BCUT2D eigenvalue weighted by molar-refractivity contribution is -0.124. The molecule has 0 N–H and O–H groups in total. The van der Waals surface area contributed by atoms with Crippen LogP contribution in [0.1, 0.15) is 37.7 Å².